The zero-order valence-electron chi connectivity index (χ0n) is 39.5. The predicted molar refractivity (Wildman–Crippen MR) is 267 cm³/mol. The van der Waals surface area contributed by atoms with Crippen LogP contribution in [0.3, 0.4) is 0 Å². The summed E-state index contributed by atoms with van der Waals surface area (Å²) in [7, 11) is 3.20. The number of carbonyl (C=O) groups excluding carboxylic acids is 11. The van der Waals surface area contributed by atoms with Gasteiger partial charge >= 0.3 is 0 Å². The highest BCUT2D eigenvalue weighted by Gasteiger charge is 2.35. The Bertz CT molecular complexity index is 2280. The van der Waals surface area contributed by atoms with E-state index in [0.29, 0.717) is 11.1 Å². The third kappa shape index (κ3) is 21.7. The number of guanidine groups is 1. The highest BCUT2D eigenvalue weighted by Crippen LogP contribution is 2.23. The standard InChI is InChI=1S/C44H63N15O11S2/c1-59(21-36(63)53-27(13-8-16-51-44(49)50)38(65)52-20-35(48)62)43(70)32-23-72-71-22-26(45)37(64)55-29(17-24-9-4-2-5-10-24)41(68)56-30(18-25-11-6-3-7-12-25)40(67)54-28(14-15-33(46)60)39(66)57-31(19-34(47)61)42(69)58-32/h2-7,9-12,26-32H,8,13-23,45H2,1H3,(H2,46,60)(H2,47,61)(H2,48,62)(H,52,65)(H,53,63)(H,54,67)(H,55,64)(H,56,68)(H,57,66)(H,58,69)(H4,49,50,51)/t26-,27+,28-,29-,30+,31+,32+/m1/s1. The molecule has 1 saturated heterocycles. The van der Waals surface area contributed by atoms with Crippen molar-refractivity contribution in [3.05, 3.63) is 71.8 Å². The Balaban J connectivity index is 2.01. The summed E-state index contributed by atoms with van der Waals surface area (Å²) >= 11 is 0. The lowest BCUT2D eigenvalue weighted by Gasteiger charge is -2.28. The van der Waals surface area contributed by atoms with E-state index in [0.717, 1.165) is 26.5 Å². The number of likely N-dealkylation sites (N-methyl/N-ethyl adjacent to an activating group) is 1. The van der Waals surface area contributed by atoms with Gasteiger partial charge < -0.3 is 76.5 Å². The summed E-state index contributed by atoms with van der Waals surface area (Å²) in [6, 6.07) is 7.12. The Hall–Kier alpha value is -7.46. The first-order valence-electron chi connectivity index (χ1n) is 22.4. The molecule has 72 heavy (non-hydrogen) atoms. The van der Waals surface area contributed by atoms with Crippen LogP contribution in [0.1, 0.15) is 43.2 Å². The molecule has 2 aromatic rings. The van der Waals surface area contributed by atoms with E-state index in [-0.39, 0.29) is 49.7 Å². The van der Waals surface area contributed by atoms with Gasteiger partial charge in [-0.25, -0.2) is 0 Å². The van der Waals surface area contributed by atoms with Crippen molar-refractivity contribution < 1.29 is 52.7 Å². The minimum atomic E-state index is -1.79. The number of primary amides is 3. The summed E-state index contributed by atoms with van der Waals surface area (Å²) in [5, 5.41) is 17.5. The van der Waals surface area contributed by atoms with E-state index in [1.807, 2.05) is 0 Å². The predicted octanol–water partition coefficient (Wildman–Crippen LogP) is -5.64. The van der Waals surface area contributed by atoms with Crippen molar-refractivity contribution in [2.24, 2.45) is 39.4 Å². The van der Waals surface area contributed by atoms with E-state index in [1.165, 1.54) is 7.05 Å². The van der Waals surface area contributed by atoms with Crippen LogP contribution < -0.4 is 71.6 Å². The first-order valence-corrected chi connectivity index (χ1v) is 24.9. The summed E-state index contributed by atoms with van der Waals surface area (Å²) in [6.45, 7) is -1.14. The quantitative estimate of drug-likeness (QED) is 0.0254. The summed E-state index contributed by atoms with van der Waals surface area (Å²) in [5.74, 6) is -10.5. The van der Waals surface area contributed by atoms with Crippen molar-refractivity contribution in [2.75, 3.05) is 38.2 Å². The average Bonchev–Trinajstić information content (AvgIpc) is 3.32. The van der Waals surface area contributed by atoms with Gasteiger partial charge in [-0.3, -0.25) is 57.7 Å². The highest BCUT2D eigenvalue weighted by molar-refractivity contribution is 8.76. The summed E-state index contributed by atoms with van der Waals surface area (Å²) in [6.07, 6.45) is -1.64. The minimum Gasteiger partial charge on any atom is -0.370 e. The van der Waals surface area contributed by atoms with Gasteiger partial charge in [0.25, 0.3) is 0 Å². The number of nitrogens with one attached hydrogen (secondary N) is 7. The molecule has 0 bridgehead atoms. The fourth-order valence-electron chi connectivity index (χ4n) is 6.81. The second-order valence-corrected chi connectivity index (χ2v) is 19.0. The molecule has 0 aromatic heterocycles. The molecule has 19 N–H and O–H groups in total. The van der Waals surface area contributed by atoms with Crippen molar-refractivity contribution in [1.29, 1.82) is 0 Å². The Labute approximate surface area is 422 Å². The molecular formula is C44H63N15O11S2. The zero-order valence-corrected chi connectivity index (χ0v) is 41.1. The van der Waals surface area contributed by atoms with E-state index in [4.69, 9.17) is 34.4 Å². The molecule has 7 atom stereocenters. The molecule has 2 aromatic carbocycles. The maximum absolute atomic E-state index is 14.2. The van der Waals surface area contributed by atoms with E-state index < -0.39 is 140 Å². The van der Waals surface area contributed by atoms with Gasteiger partial charge in [0, 0.05) is 44.4 Å². The third-order valence-corrected chi connectivity index (χ3v) is 12.9. The first-order chi connectivity index (χ1) is 34.1. The van der Waals surface area contributed by atoms with E-state index >= 15 is 0 Å². The van der Waals surface area contributed by atoms with Crippen LogP contribution in [0.5, 0.6) is 0 Å². The lowest BCUT2D eigenvalue weighted by atomic mass is 10.0. The minimum absolute atomic E-state index is 0.00727. The molecule has 1 heterocycles. The van der Waals surface area contributed by atoms with Gasteiger partial charge in [-0.2, -0.15) is 0 Å². The van der Waals surface area contributed by atoms with E-state index in [2.05, 4.69) is 42.2 Å². The number of carbonyl (C=O) groups is 11. The molecule has 0 spiro atoms. The lowest BCUT2D eigenvalue weighted by Crippen LogP contribution is -2.61. The molecule has 0 saturated carbocycles. The monoisotopic (exact) mass is 1040 g/mol. The van der Waals surface area contributed by atoms with E-state index in [1.54, 1.807) is 60.7 Å². The van der Waals surface area contributed by atoms with Crippen molar-refractivity contribution >= 4 is 92.5 Å². The van der Waals surface area contributed by atoms with Crippen molar-refractivity contribution in [1.82, 2.24) is 42.1 Å². The molecule has 1 fully saturated rings. The maximum Gasteiger partial charge on any atom is 0.246 e. The summed E-state index contributed by atoms with van der Waals surface area (Å²) < 4.78 is 0. The Morgan fingerprint density at radius 2 is 1.19 bits per heavy atom. The largest absolute Gasteiger partial charge is 0.370 e. The molecule has 1 aliphatic rings. The van der Waals surface area contributed by atoms with Gasteiger partial charge in [-0.05, 0) is 30.4 Å². The third-order valence-electron chi connectivity index (χ3n) is 10.5. The Morgan fingerprint density at radius 1 is 0.681 bits per heavy atom. The van der Waals surface area contributed by atoms with Gasteiger partial charge in [0.15, 0.2) is 5.96 Å². The number of benzene rings is 2. The van der Waals surface area contributed by atoms with Crippen LogP contribution in [0.2, 0.25) is 0 Å². The zero-order chi connectivity index (χ0) is 53.3. The molecule has 3 rings (SSSR count). The van der Waals surface area contributed by atoms with Gasteiger partial charge in [-0.15, -0.1) is 0 Å². The van der Waals surface area contributed by atoms with Crippen molar-refractivity contribution in [2.45, 2.75) is 87.2 Å². The highest BCUT2D eigenvalue weighted by atomic mass is 33.1. The Morgan fingerprint density at radius 3 is 1.74 bits per heavy atom. The number of aliphatic imine (C=N–C) groups is 1. The lowest BCUT2D eigenvalue weighted by molar-refractivity contribution is -0.139. The first kappa shape index (κ1) is 58.9. The SMILES string of the molecule is CN(CC(=O)N[C@@H](CCCN=C(N)N)C(=O)NCC(N)=O)C(=O)[C@@H]1CSSC[C@@H](N)C(=O)N[C@H](Cc2ccccc2)C(=O)N[C@@H](Cc2ccccc2)C(=O)N[C@H](CCC(N)=O)C(=O)N[C@@H](CC(N)=O)C(=O)N1. The fourth-order valence-corrected chi connectivity index (χ4v) is 9.09. The summed E-state index contributed by atoms with van der Waals surface area (Å²) in [4.78, 5) is 151. The number of nitrogens with zero attached hydrogens (tertiary/aromatic N) is 2. The average molecular weight is 1040 g/mol. The normalized spacial score (nSPS) is 20.8. The van der Waals surface area contributed by atoms with Crippen LogP contribution in [0, 0.1) is 0 Å². The van der Waals surface area contributed by atoms with Crippen LogP contribution in [0.4, 0.5) is 0 Å². The van der Waals surface area contributed by atoms with E-state index in [9.17, 15) is 52.7 Å². The molecule has 11 amide bonds. The van der Waals surface area contributed by atoms with Gasteiger partial charge in [0.1, 0.15) is 36.3 Å². The van der Waals surface area contributed by atoms with Gasteiger partial charge in [-0.1, -0.05) is 82.3 Å². The molecule has 0 aliphatic carbocycles. The van der Waals surface area contributed by atoms with Crippen molar-refractivity contribution in [3.63, 3.8) is 0 Å². The smallest absolute Gasteiger partial charge is 0.246 e. The maximum atomic E-state index is 14.2. The topological polar surface area (TPSA) is 444 Å². The summed E-state index contributed by atoms with van der Waals surface area (Å²) in [5.41, 5.74) is 34.4. The van der Waals surface area contributed by atoms with Crippen LogP contribution in [-0.2, 0) is 65.6 Å². The van der Waals surface area contributed by atoms with Crippen LogP contribution in [-0.4, -0.2) is 156 Å². The van der Waals surface area contributed by atoms with Crippen LogP contribution in [0.25, 0.3) is 0 Å². The number of nitrogens with two attached hydrogens (primary N) is 6. The Kier molecular flexibility index (Phi) is 24.8. The molecular weight excluding hydrogens is 979 g/mol. The van der Waals surface area contributed by atoms with Crippen molar-refractivity contribution in [3.8, 4) is 0 Å². The molecule has 392 valence electrons. The number of rotatable bonds is 20. The molecule has 0 radical (unpaired) electrons. The van der Waals surface area contributed by atoms with Gasteiger partial charge in [0.2, 0.25) is 65.0 Å². The molecule has 26 nitrogen and oxygen atoms in total. The fraction of sp³-hybridized carbons (Fsp3) is 0.455. The number of hydrogen-bond donors (Lipinski definition) is 13. The second-order valence-electron chi connectivity index (χ2n) is 16.5. The number of hydrogen-bond acceptors (Lipinski definition) is 15. The molecule has 1 aliphatic heterocycles. The van der Waals surface area contributed by atoms with Crippen LogP contribution >= 0.6 is 21.6 Å². The second kappa shape index (κ2) is 30.3. The molecule has 28 heteroatoms. The van der Waals surface area contributed by atoms with Crippen LogP contribution in [0.15, 0.2) is 65.7 Å². The number of amides is 11. The molecule has 0 unspecified atom stereocenters. The van der Waals surface area contributed by atoms with Gasteiger partial charge in [0.05, 0.1) is 25.6 Å².